The highest BCUT2D eigenvalue weighted by molar-refractivity contribution is 5.56. The van der Waals surface area contributed by atoms with Crippen LogP contribution in [-0.2, 0) is 5.41 Å². The van der Waals surface area contributed by atoms with E-state index in [4.69, 9.17) is 11.5 Å². The molecule has 2 aromatic rings. The van der Waals surface area contributed by atoms with E-state index < -0.39 is 0 Å². The molecule has 2 rings (SSSR count). The Hall–Kier alpha value is -1.64. The van der Waals surface area contributed by atoms with Crippen LogP contribution in [0.2, 0.25) is 0 Å². The van der Waals surface area contributed by atoms with Gasteiger partial charge in [-0.3, -0.25) is 0 Å². The van der Waals surface area contributed by atoms with Crippen molar-refractivity contribution < 1.29 is 0 Å². The van der Waals surface area contributed by atoms with Crippen LogP contribution < -0.4 is 11.5 Å². The summed E-state index contributed by atoms with van der Waals surface area (Å²) in [6.07, 6.45) is 0. The van der Waals surface area contributed by atoms with Gasteiger partial charge in [-0.2, -0.15) is 0 Å². The van der Waals surface area contributed by atoms with E-state index in [0.29, 0.717) is 36.8 Å². The highest BCUT2D eigenvalue weighted by Gasteiger charge is 2.40. The van der Waals surface area contributed by atoms with Gasteiger partial charge >= 0.3 is 0 Å². The summed E-state index contributed by atoms with van der Waals surface area (Å²) in [5.74, 6) is 1.65. The van der Waals surface area contributed by atoms with E-state index in [0.717, 1.165) is 0 Å². The molecule has 29 heavy (non-hydrogen) atoms. The lowest BCUT2D eigenvalue weighted by molar-refractivity contribution is 0.505. The molecule has 2 heteroatoms. The van der Waals surface area contributed by atoms with Crippen molar-refractivity contribution in [1.82, 2.24) is 0 Å². The number of benzene rings is 2. The molecule has 4 N–H and O–H groups in total. The van der Waals surface area contributed by atoms with Crippen LogP contribution in [0, 0.1) is 0 Å². The molecular formula is C27H42N2. The van der Waals surface area contributed by atoms with Crippen LogP contribution in [0.15, 0.2) is 36.4 Å². The van der Waals surface area contributed by atoms with Crippen LogP contribution in [0.5, 0.6) is 0 Å². The Labute approximate surface area is 179 Å². The number of rotatable bonds is 8. The lowest BCUT2D eigenvalue weighted by atomic mass is 9.64. The summed E-state index contributed by atoms with van der Waals surface area (Å²) in [4.78, 5) is 0. The van der Waals surface area contributed by atoms with Crippen molar-refractivity contribution in [2.75, 3.05) is 13.1 Å². The van der Waals surface area contributed by atoms with Crippen molar-refractivity contribution in [3.63, 3.8) is 0 Å². The molecule has 2 nitrogen and oxygen atoms in total. The predicted molar refractivity (Wildman–Crippen MR) is 128 cm³/mol. The van der Waals surface area contributed by atoms with Gasteiger partial charge in [0.05, 0.1) is 0 Å². The van der Waals surface area contributed by atoms with Crippen LogP contribution in [0.1, 0.15) is 112 Å². The maximum absolute atomic E-state index is 6.68. The minimum atomic E-state index is -0.388. The summed E-state index contributed by atoms with van der Waals surface area (Å²) >= 11 is 0. The molecule has 0 saturated heterocycles. The second-order valence-electron chi connectivity index (χ2n) is 9.73. The predicted octanol–water partition coefficient (Wildman–Crippen LogP) is 6.38. The molecular weight excluding hydrogens is 352 g/mol. The average molecular weight is 395 g/mol. The maximum atomic E-state index is 6.68. The highest BCUT2D eigenvalue weighted by atomic mass is 14.7. The van der Waals surface area contributed by atoms with Gasteiger partial charge in [-0.05, 0) is 57.1 Å². The van der Waals surface area contributed by atoms with Crippen molar-refractivity contribution in [3.05, 3.63) is 69.8 Å². The largest absolute Gasteiger partial charge is 0.329 e. The van der Waals surface area contributed by atoms with Crippen LogP contribution >= 0.6 is 0 Å². The zero-order valence-corrected chi connectivity index (χ0v) is 19.8. The van der Waals surface area contributed by atoms with Gasteiger partial charge in [0.2, 0.25) is 0 Å². The SMILES string of the molecule is CC(C)c1cccc(C(C)C)c1C(CN)(CN)c1c(C(C)C)cccc1C(C)C. The molecule has 0 spiro atoms. The minimum Gasteiger partial charge on any atom is -0.329 e. The van der Waals surface area contributed by atoms with E-state index in [1.54, 1.807) is 0 Å². The molecule has 0 aliphatic rings. The van der Waals surface area contributed by atoms with Crippen molar-refractivity contribution in [3.8, 4) is 0 Å². The zero-order chi connectivity index (χ0) is 21.9. The van der Waals surface area contributed by atoms with Crippen LogP contribution in [0.4, 0.5) is 0 Å². The summed E-state index contributed by atoms with van der Waals surface area (Å²) in [5, 5.41) is 0. The van der Waals surface area contributed by atoms with Crippen LogP contribution in [-0.4, -0.2) is 13.1 Å². The maximum Gasteiger partial charge on any atom is 0.0458 e. The normalized spacial score (nSPS) is 12.6. The molecule has 160 valence electrons. The molecule has 0 radical (unpaired) electrons. The molecule has 0 unspecified atom stereocenters. The smallest absolute Gasteiger partial charge is 0.0458 e. The third kappa shape index (κ3) is 4.29. The molecule has 0 aliphatic carbocycles. The molecule has 0 bridgehead atoms. The van der Waals surface area contributed by atoms with Crippen molar-refractivity contribution in [1.29, 1.82) is 0 Å². The van der Waals surface area contributed by atoms with Gasteiger partial charge < -0.3 is 11.5 Å². The molecule has 0 atom stereocenters. The van der Waals surface area contributed by atoms with E-state index in [2.05, 4.69) is 91.8 Å². The zero-order valence-electron chi connectivity index (χ0n) is 19.8. The molecule has 0 aromatic heterocycles. The summed E-state index contributed by atoms with van der Waals surface area (Å²) in [6.45, 7) is 19.2. The third-order valence-corrected chi connectivity index (χ3v) is 6.40. The molecule has 0 heterocycles. The second-order valence-corrected chi connectivity index (χ2v) is 9.73. The Morgan fingerprint density at radius 2 is 0.793 bits per heavy atom. The summed E-state index contributed by atoms with van der Waals surface area (Å²) in [5.41, 5.74) is 21.2. The first kappa shape index (κ1) is 23.6. The van der Waals surface area contributed by atoms with Crippen LogP contribution in [0.25, 0.3) is 0 Å². The van der Waals surface area contributed by atoms with Gasteiger partial charge in [-0.1, -0.05) is 91.8 Å². The topological polar surface area (TPSA) is 52.0 Å². The van der Waals surface area contributed by atoms with E-state index in [1.807, 2.05) is 0 Å². The first-order chi connectivity index (χ1) is 13.6. The standard InChI is InChI=1S/C27H42N2/c1-17(2)21-11-9-12-22(18(3)4)25(21)27(15-28,16-29)26-23(19(5)6)13-10-14-24(26)20(7)8/h9-14,17-20H,15-16,28-29H2,1-8H3. The summed E-state index contributed by atoms with van der Waals surface area (Å²) in [7, 11) is 0. The van der Waals surface area contributed by atoms with Crippen molar-refractivity contribution in [2.24, 2.45) is 11.5 Å². The minimum absolute atomic E-state index is 0.388. The second kappa shape index (κ2) is 9.45. The Morgan fingerprint density at radius 1 is 0.552 bits per heavy atom. The molecule has 0 saturated carbocycles. The van der Waals surface area contributed by atoms with Gasteiger partial charge in [-0.15, -0.1) is 0 Å². The number of nitrogens with two attached hydrogens (primary N) is 2. The van der Waals surface area contributed by atoms with Gasteiger partial charge in [0.1, 0.15) is 0 Å². The molecule has 2 aromatic carbocycles. The monoisotopic (exact) mass is 394 g/mol. The molecule has 0 aliphatic heterocycles. The highest BCUT2D eigenvalue weighted by Crippen LogP contribution is 2.45. The first-order valence-electron chi connectivity index (χ1n) is 11.3. The summed E-state index contributed by atoms with van der Waals surface area (Å²) < 4.78 is 0. The quantitative estimate of drug-likeness (QED) is 0.545. The fraction of sp³-hybridized carbons (Fsp3) is 0.556. The number of hydrogen-bond donors (Lipinski definition) is 2. The Bertz CT molecular complexity index is 693. The Balaban J connectivity index is 3.07. The fourth-order valence-corrected chi connectivity index (χ4v) is 4.82. The molecule has 0 fully saturated rings. The Kier molecular flexibility index (Phi) is 7.70. The number of hydrogen-bond acceptors (Lipinski definition) is 2. The third-order valence-electron chi connectivity index (χ3n) is 6.40. The van der Waals surface area contributed by atoms with E-state index in [9.17, 15) is 0 Å². The first-order valence-corrected chi connectivity index (χ1v) is 11.3. The Morgan fingerprint density at radius 3 is 0.966 bits per heavy atom. The lowest BCUT2D eigenvalue weighted by Crippen LogP contribution is -2.46. The molecule has 0 amide bonds. The average Bonchev–Trinajstić information content (AvgIpc) is 2.68. The van der Waals surface area contributed by atoms with Gasteiger partial charge in [-0.25, -0.2) is 0 Å². The van der Waals surface area contributed by atoms with E-state index in [1.165, 1.54) is 33.4 Å². The fourth-order valence-electron chi connectivity index (χ4n) is 4.82. The van der Waals surface area contributed by atoms with E-state index >= 15 is 0 Å². The van der Waals surface area contributed by atoms with Gasteiger partial charge in [0, 0.05) is 18.5 Å². The van der Waals surface area contributed by atoms with Gasteiger partial charge in [0.15, 0.2) is 0 Å². The summed E-state index contributed by atoms with van der Waals surface area (Å²) in [6, 6.07) is 13.5. The van der Waals surface area contributed by atoms with Crippen LogP contribution in [0.3, 0.4) is 0 Å². The van der Waals surface area contributed by atoms with Crippen molar-refractivity contribution >= 4 is 0 Å². The van der Waals surface area contributed by atoms with Crippen molar-refractivity contribution in [2.45, 2.75) is 84.5 Å². The lowest BCUT2D eigenvalue weighted by Gasteiger charge is -2.41. The van der Waals surface area contributed by atoms with Gasteiger partial charge in [0.25, 0.3) is 0 Å². The van der Waals surface area contributed by atoms with E-state index in [-0.39, 0.29) is 5.41 Å².